The molecule has 2 saturated heterocycles. The number of esters is 2. The van der Waals surface area contributed by atoms with Crippen molar-refractivity contribution >= 4 is 41.0 Å². The molecule has 3 amide bonds. The van der Waals surface area contributed by atoms with Gasteiger partial charge in [0, 0.05) is 37.9 Å². The van der Waals surface area contributed by atoms with Gasteiger partial charge in [0.25, 0.3) is 11.8 Å². The maximum absolute atomic E-state index is 14.1. The Bertz CT molecular complexity index is 1510. The van der Waals surface area contributed by atoms with Crippen LogP contribution in [0.5, 0.6) is 0 Å². The molecule has 0 aliphatic carbocycles. The second-order valence-corrected chi connectivity index (χ2v) is 15.1. The van der Waals surface area contributed by atoms with Crippen LogP contribution in [-0.4, -0.2) is 109 Å². The number of amides is 3. The third kappa shape index (κ3) is 10.4. The number of methoxy groups -OCH3 is 1. The molecule has 280 valence electrons. The van der Waals surface area contributed by atoms with E-state index in [4.69, 9.17) is 14.2 Å². The van der Waals surface area contributed by atoms with Crippen LogP contribution in [0.4, 0.5) is 0 Å². The molecule has 2 fully saturated rings. The summed E-state index contributed by atoms with van der Waals surface area (Å²) in [5, 5.41) is 8.09. The highest BCUT2D eigenvalue weighted by molar-refractivity contribution is 7.09. The number of hydrogen-bond acceptors (Lipinski definition) is 11. The lowest BCUT2D eigenvalue weighted by Gasteiger charge is -2.46. The number of likely N-dealkylation sites (tertiary alicyclic amines) is 1. The molecule has 13 nitrogen and oxygen atoms in total. The Hall–Kier alpha value is -3.88. The maximum Gasteiger partial charge on any atom is 0.308 e. The summed E-state index contributed by atoms with van der Waals surface area (Å²) in [4.78, 5) is 73.8. The molecular formula is C37H53N5O8S. The Morgan fingerprint density at radius 2 is 1.80 bits per heavy atom. The number of ether oxygens (including phenoxy) is 3. The first-order chi connectivity index (χ1) is 24.2. The summed E-state index contributed by atoms with van der Waals surface area (Å²) >= 11 is 1.19. The van der Waals surface area contributed by atoms with Crippen LogP contribution in [0, 0.1) is 11.8 Å². The average Bonchev–Trinajstić information content (AvgIpc) is 3.58. The largest absolute Gasteiger partial charge is 0.469 e. The van der Waals surface area contributed by atoms with Crippen molar-refractivity contribution in [3.8, 4) is 0 Å². The highest BCUT2D eigenvalue weighted by Gasteiger charge is 2.51. The fraction of sp³-hybridized carbons (Fsp3) is 0.622. The Balaban J connectivity index is 1.49. The monoisotopic (exact) mass is 727 g/mol. The van der Waals surface area contributed by atoms with Gasteiger partial charge in [-0.15, -0.1) is 11.3 Å². The molecule has 0 bridgehead atoms. The highest BCUT2D eigenvalue weighted by atomic mass is 32.1. The van der Waals surface area contributed by atoms with Crippen molar-refractivity contribution in [2.24, 2.45) is 11.8 Å². The maximum atomic E-state index is 14.1. The third-order valence-corrected chi connectivity index (χ3v) is 10.8. The van der Waals surface area contributed by atoms with Gasteiger partial charge in [-0.25, -0.2) is 4.98 Å². The summed E-state index contributed by atoms with van der Waals surface area (Å²) < 4.78 is 16.2. The van der Waals surface area contributed by atoms with Crippen LogP contribution >= 0.6 is 11.3 Å². The first-order valence-corrected chi connectivity index (χ1v) is 18.5. The quantitative estimate of drug-likeness (QED) is 0.245. The zero-order valence-electron chi connectivity index (χ0n) is 30.8. The number of thiazole rings is 1. The van der Waals surface area contributed by atoms with Gasteiger partial charge in [0.1, 0.15) is 10.7 Å². The molecule has 2 aliphatic rings. The van der Waals surface area contributed by atoms with Crippen molar-refractivity contribution in [3.63, 3.8) is 0 Å². The van der Waals surface area contributed by atoms with Crippen LogP contribution in [0.3, 0.4) is 0 Å². The van der Waals surface area contributed by atoms with Crippen LogP contribution in [0.25, 0.3) is 0 Å². The smallest absolute Gasteiger partial charge is 0.308 e. The van der Waals surface area contributed by atoms with Gasteiger partial charge in [-0.3, -0.25) is 28.9 Å². The zero-order valence-corrected chi connectivity index (χ0v) is 31.6. The summed E-state index contributed by atoms with van der Waals surface area (Å²) in [6.45, 7) is 7.99. The van der Waals surface area contributed by atoms with Gasteiger partial charge in [-0.05, 0) is 50.8 Å². The van der Waals surface area contributed by atoms with E-state index in [9.17, 15) is 24.0 Å². The summed E-state index contributed by atoms with van der Waals surface area (Å²) in [5.74, 6) is -2.26. The van der Waals surface area contributed by atoms with Gasteiger partial charge in [-0.1, -0.05) is 57.5 Å². The van der Waals surface area contributed by atoms with E-state index < -0.39 is 35.5 Å². The third-order valence-electron chi connectivity index (χ3n) is 9.82. The molecule has 0 unspecified atom stereocenters. The minimum atomic E-state index is -1.18. The van der Waals surface area contributed by atoms with Crippen molar-refractivity contribution in [1.29, 1.82) is 0 Å². The Morgan fingerprint density at radius 1 is 1.10 bits per heavy atom. The van der Waals surface area contributed by atoms with Gasteiger partial charge in [0.15, 0.2) is 11.6 Å². The molecule has 0 spiro atoms. The van der Waals surface area contributed by atoms with Crippen LogP contribution in [0.15, 0.2) is 35.7 Å². The van der Waals surface area contributed by atoms with Crippen molar-refractivity contribution in [1.82, 2.24) is 25.4 Å². The number of hydrogen-bond donors (Lipinski definition) is 2. The zero-order chi connectivity index (χ0) is 37.3. The van der Waals surface area contributed by atoms with Crippen LogP contribution in [0.2, 0.25) is 0 Å². The standard InChI is InChI=1S/C37H53N5O8S/c1-23(2)30(42(6)36(47)37(21-49-22-37)40-33(45)29-15-11-12-16-41(29)5)19-31(50-25(4)43)34-39-28(20-51-34)32(44)38-27(17-24(3)35(46)48-7)18-26-13-9-8-10-14-26/h8-10,13-14,20,23-24,27,29-31H,11-12,15-19,21-22H2,1-7H3,(H,38,44)(H,40,45)/t24-,27+,29+,30+,31+/m0/s1. The van der Waals surface area contributed by atoms with E-state index in [1.54, 1.807) is 24.3 Å². The van der Waals surface area contributed by atoms with Gasteiger partial charge in [0.05, 0.1) is 32.3 Å². The predicted molar refractivity (Wildman–Crippen MR) is 192 cm³/mol. The number of benzene rings is 1. The van der Waals surface area contributed by atoms with E-state index in [1.165, 1.54) is 25.4 Å². The Labute approximate surface area is 304 Å². The van der Waals surface area contributed by atoms with E-state index in [1.807, 2.05) is 56.1 Å². The SMILES string of the molecule is COC(=O)[C@@H](C)C[C@H](Cc1ccccc1)NC(=O)c1csc([C@@H](C[C@H](C(C)C)N(C)C(=O)C2(NC(=O)[C@H]3CCCCN3C)COC2)OC(C)=O)n1. The number of nitrogens with zero attached hydrogens (tertiary/aromatic N) is 3. The summed E-state index contributed by atoms with van der Waals surface area (Å²) in [5.41, 5.74) is -0.0202. The molecular weight excluding hydrogens is 675 g/mol. The normalized spacial score (nSPS) is 19.5. The van der Waals surface area contributed by atoms with Crippen molar-refractivity contribution in [2.75, 3.05) is 41.0 Å². The molecule has 3 heterocycles. The molecule has 0 radical (unpaired) electrons. The molecule has 4 rings (SSSR count). The first-order valence-electron chi connectivity index (χ1n) is 17.7. The lowest BCUT2D eigenvalue weighted by atomic mass is 9.90. The number of piperidine rings is 1. The van der Waals surface area contributed by atoms with Crippen LogP contribution in [-0.2, 0) is 39.8 Å². The van der Waals surface area contributed by atoms with E-state index in [2.05, 4.69) is 15.6 Å². The molecule has 1 aromatic heterocycles. The number of likely N-dealkylation sites (N-methyl/N-ethyl adjacent to an activating group) is 2. The number of rotatable bonds is 16. The minimum absolute atomic E-state index is 0.0616. The van der Waals surface area contributed by atoms with Gasteiger partial charge < -0.3 is 29.7 Å². The average molecular weight is 728 g/mol. The summed E-state index contributed by atoms with van der Waals surface area (Å²) in [6, 6.07) is 8.58. The topological polar surface area (TPSA) is 156 Å². The van der Waals surface area contributed by atoms with Crippen LogP contribution in [0.1, 0.15) is 87.0 Å². The number of aromatic nitrogens is 1. The van der Waals surface area contributed by atoms with Crippen molar-refractivity contribution < 1.29 is 38.2 Å². The van der Waals surface area contributed by atoms with E-state index in [0.29, 0.717) is 17.8 Å². The predicted octanol–water partition coefficient (Wildman–Crippen LogP) is 3.53. The van der Waals surface area contributed by atoms with E-state index in [0.717, 1.165) is 31.4 Å². The Morgan fingerprint density at radius 3 is 2.39 bits per heavy atom. The van der Waals surface area contributed by atoms with Crippen LogP contribution < -0.4 is 10.6 Å². The number of carbonyl (C=O) groups is 5. The van der Waals surface area contributed by atoms with E-state index >= 15 is 0 Å². The molecule has 0 saturated carbocycles. The lowest BCUT2D eigenvalue weighted by molar-refractivity contribution is -0.166. The molecule has 5 atom stereocenters. The highest BCUT2D eigenvalue weighted by Crippen LogP contribution is 2.32. The number of carbonyl (C=O) groups excluding carboxylic acids is 5. The van der Waals surface area contributed by atoms with Crippen molar-refractivity contribution in [2.45, 2.75) is 96.0 Å². The molecule has 2 aromatic rings. The fourth-order valence-corrected chi connectivity index (χ4v) is 7.72. The van der Waals surface area contributed by atoms with Gasteiger partial charge in [-0.2, -0.15) is 0 Å². The lowest BCUT2D eigenvalue weighted by Crippen LogP contribution is -2.72. The second kappa shape index (κ2) is 18.1. The molecule has 2 aliphatic heterocycles. The summed E-state index contributed by atoms with van der Waals surface area (Å²) in [7, 11) is 4.96. The molecule has 14 heteroatoms. The van der Waals surface area contributed by atoms with Gasteiger partial charge in [0.2, 0.25) is 5.91 Å². The van der Waals surface area contributed by atoms with Gasteiger partial charge >= 0.3 is 11.9 Å². The molecule has 51 heavy (non-hydrogen) atoms. The number of nitrogens with one attached hydrogen (secondary N) is 2. The fourth-order valence-electron chi connectivity index (χ4n) is 6.88. The minimum Gasteiger partial charge on any atom is -0.469 e. The summed E-state index contributed by atoms with van der Waals surface area (Å²) in [6.07, 6.45) is 2.97. The molecule has 1 aromatic carbocycles. The van der Waals surface area contributed by atoms with Crippen molar-refractivity contribution in [3.05, 3.63) is 52.0 Å². The Kier molecular flexibility index (Phi) is 14.1. The first kappa shape index (κ1) is 39.9. The van der Waals surface area contributed by atoms with E-state index in [-0.39, 0.29) is 61.1 Å². The molecule has 2 N–H and O–H groups in total. The second-order valence-electron chi connectivity index (χ2n) is 14.2.